The third kappa shape index (κ3) is 4.37. The molecule has 1 aliphatic rings. The van der Waals surface area contributed by atoms with Gasteiger partial charge in [0.05, 0.1) is 30.4 Å². The fourth-order valence-electron chi connectivity index (χ4n) is 3.36. The Hall–Kier alpha value is -2.85. The minimum Gasteiger partial charge on any atom is -0.454 e. The van der Waals surface area contributed by atoms with Crippen LogP contribution in [0, 0.1) is 0 Å². The maximum absolute atomic E-state index is 13.1. The van der Waals surface area contributed by atoms with E-state index < -0.39 is 6.10 Å². The number of thioether (sulfide) groups is 1. The van der Waals surface area contributed by atoms with Crippen molar-refractivity contribution in [2.75, 3.05) is 19.2 Å². The number of para-hydroxylation sites is 1. The molecule has 32 heavy (non-hydrogen) atoms. The number of hydrogen-bond donors (Lipinski definition) is 1. The van der Waals surface area contributed by atoms with E-state index in [0.29, 0.717) is 33.5 Å². The largest absolute Gasteiger partial charge is 0.454 e. The van der Waals surface area contributed by atoms with Gasteiger partial charge >= 0.3 is 0 Å². The van der Waals surface area contributed by atoms with E-state index >= 15 is 0 Å². The Morgan fingerprint density at radius 3 is 2.88 bits per heavy atom. The highest BCUT2D eigenvalue weighted by atomic mass is 32.2. The molecule has 0 unspecified atom stereocenters. The number of aliphatic hydroxyl groups is 1. The molecular formula is C23H20N2O5S2. The second-order valence-electron chi connectivity index (χ2n) is 7.18. The summed E-state index contributed by atoms with van der Waals surface area (Å²) in [6.07, 6.45) is -0.714. The van der Waals surface area contributed by atoms with Crippen molar-refractivity contribution in [2.45, 2.75) is 17.9 Å². The SMILES string of the molecule is O=c1c2ccsc2nc(SC[C@H](O)COCc2ccc3c(c2)OCO3)n1-c1ccccc1. The first-order chi connectivity index (χ1) is 15.7. The lowest BCUT2D eigenvalue weighted by Crippen LogP contribution is -2.23. The van der Waals surface area contributed by atoms with Gasteiger partial charge in [-0.2, -0.15) is 0 Å². The van der Waals surface area contributed by atoms with E-state index in [1.807, 2.05) is 53.9 Å². The third-order valence-electron chi connectivity index (χ3n) is 4.90. The van der Waals surface area contributed by atoms with Crippen LogP contribution in [0.5, 0.6) is 11.5 Å². The molecule has 1 aliphatic heterocycles. The van der Waals surface area contributed by atoms with Gasteiger partial charge in [0.25, 0.3) is 5.56 Å². The fraction of sp³-hybridized carbons (Fsp3) is 0.217. The molecule has 164 valence electrons. The Morgan fingerprint density at radius 1 is 1.16 bits per heavy atom. The normalized spacial score (nSPS) is 13.5. The third-order valence-corrected chi connectivity index (χ3v) is 6.79. The molecule has 7 nitrogen and oxygen atoms in total. The van der Waals surface area contributed by atoms with Crippen molar-refractivity contribution >= 4 is 33.3 Å². The first-order valence-corrected chi connectivity index (χ1v) is 11.9. The molecule has 2 aromatic heterocycles. The van der Waals surface area contributed by atoms with Crippen LogP contribution in [0.15, 0.2) is 69.9 Å². The van der Waals surface area contributed by atoms with Gasteiger partial charge in [-0.1, -0.05) is 36.0 Å². The summed E-state index contributed by atoms with van der Waals surface area (Å²) in [4.78, 5) is 18.4. The zero-order chi connectivity index (χ0) is 21.9. The molecule has 5 rings (SSSR count). The Labute approximate surface area is 192 Å². The van der Waals surface area contributed by atoms with Crippen LogP contribution in [0.25, 0.3) is 15.9 Å². The van der Waals surface area contributed by atoms with E-state index in [0.717, 1.165) is 17.0 Å². The highest BCUT2D eigenvalue weighted by molar-refractivity contribution is 7.99. The molecule has 0 spiro atoms. The lowest BCUT2D eigenvalue weighted by Gasteiger charge is -2.14. The van der Waals surface area contributed by atoms with Crippen molar-refractivity contribution in [1.82, 2.24) is 9.55 Å². The molecule has 0 fully saturated rings. The van der Waals surface area contributed by atoms with E-state index in [2.05, 4.69) is 4.98 Å². The molecule has 2 aromatic carbocycles. The van der Waals surface area contributed by atoms with Crippen LogP contribution in [0.3, 0.4) is 0 Å². The van der Waals surface area contributed by atoms with E-state index in [-0.39, 0.29) is 19.0 Å². The van der Waals surface area contributed by atoms with Crippen molar-refractivity contribution in [3.05, 3.63) is 75.9 Å². The molecular weight excluding hydrogens is 448 g/mol. The summed E-state index contributed by atoms with van der Waals surface area (Å²) >= 11 is 2.77. The first kappa shape index (κ1) is 21.0. The van der Waals surface area contributed by atoms with Gasteiger partial charge in [0.2, 0.25) is 6.79 Å². The van der Waals surface area contributed by atoms with Gasteiger partial charge in [0, 0.05) is 5.75 Å². The number of benzene rings is 2. The molecule has 1 atom stereocenters. The molecule has 0 saturated heterocycles. The number of fused-ring (bicyclic) bond motifs is 2. The summed E-state index contributed by atoms with van der Waals surface area (Å²) in [5.74, 6) is 1.78. The van der Waals surface area contributed by atoms with Crippen molar-refractivity contribution in [3.63, 3.8) is 0 Å². The predicted molar refractivity (Wildman–Crippen MR) is 124 cm³/mol. The Morgan fingerprint density at radius 2 is 2.00 bits per heavy atom. The molecule has 0 amide bonds. The van der Waals surface area contributed by atoms with Crippen LogP contribution in [-0.4, -0.2) is 39.9 Å². The van der Waals surface area contributed by atoms with Crippen LogP contribution < -0.4 is 15.0 Å². The standard InChI is InChI=1S/C23H20N2O5S2/c26-17(12-28-11-15-6-7-19-20(10-15)30-14-29-19)13-32-23-24-21-18(8-9-31-21)22(27)25(23)16-4-2-1-3-5-16/h1-10,17,26H,11-14H2/t17-/m1/s1. The summed E-state index contributed by atoms with van der Waals surface area (Å²) < 4.78 is 18.0. The van der Waals surface area contributed by atoms with E-state index in [1.54, 1.807) is 10.6 Å². The number of aliphatic hydroxyl groups excluding tert-OH is 1. The summed E-state index contributed by atoms with van der Waals surface area (Å²) in [6, 6.07) is 16.8. The van der Waals surface area contributed by atoms with Crippen molar-refractivity contribution in [1.29, 1.82) is 0 Å². The van der Waals surface area contributed by atoms with Crippen molar-refractivity contribution in [3.8, 4) is 17.2 Å². The highest BCUT2D eigenvalue weighted by Crippen LogP contribution is 2.32. The maximum atomic E-state index is 13.1. The minimum atomic E-state index is -0.714. The molecule has 0 aliphatic carbocycles. The van der Waals surface area contributed by atoms with Gasteiger partial charge < -0.3 is 19.3 Å². The quantitative estimate of drug-likeness (QED) is 0.311. The predicted octanol–water partition coefficient (Wildman–Crippen LogP) is 3.85. The number of hydrogen-bond acceptors (Lipinski definition) is 8. The summed E-state index contributed by atoms with van der Waals surface area (Å²) in [5, 5.41) is 13.4. The smallest absolute Gasteiger partial charge is 0.267 e. The van der Waals surface area contributed by atoms with Crippen molar-refractivity contribution < 1.29 is 19.3 Å². The molecule has 0 radical (unpaired) electrons. The van der Waals surface area contributed by atoms with Crippen LogP contribution in [0.1, 0.15) is 5.56 Å². The van der Waals surface area contributed by atoms with Gasteiger partial charge in [-0.05, 0) is 41.3 Å². The lowest BCUT2D eigenvalue weighted by molar-refractivity contribution is 0.0397. The Bertz CT molecular complexity index is 1290. The van der Waals surface area contributed by atoms with Crippen LogP contribution >= 0.6 is 23.1 Å². The Kier molecular flexibility index (Phi) is 6.13. The topological polar surface area (TPSA) is 82.8 Å². The number of rotatable bonds is 8. The molecule has 3 heterocycles. The zero-order valence-corrected chi connectivity index (χ0v) is 18.6. The van der Waals surface area contributed by atoms with Gasteiger partial charge in [-0.25, -0.2) is 4.98 Å². The van der Waals surface area contributed by atoms with E-state index in [4.69, 9.17) is 14.2 Å². The summed E-state index contributed by atoms with van der Waals surface area (Å²) in [5.41, 5.74) is 1.57. The average Bonchev–Trinajstić information content (AvgIpc) is 3.47. The van der Waals surface area contributed by atoms with Gasteiger partial charge in [-0.3, -0.25) is 9.36 Å². The van der Waals surface area contributed by atoms with Crippen LogP contribution in [0.2, 0.25) is 0 Å². The van der Waals surface area contributed by atoms with Crippen molar-refractivity contribution in [2.24, 2.45) is 0 Å². The fourth-order valence-corrected chi connectivity index (χ4v) is 5.08. The van der Waals surface area contributed by atoms with Crippen LogP contribution in [-0.2, 0) is 11.3 Å². The number of aromatic nitrogens is 2. The summed E-state index contributed by atoms with van der Waals surface area (Å²) in [6.45, 7) is 0.750. The van der Waals surface area contributed by atoms with E-state index in [9.17, 15) is 9.90 Å². The van der Waals surface area contributed by atoms with E-state index in [1.165, 1.54) is 23.1 Å². The minimum absolute atomic E-state index is 0.113. The highest BCUT2D eigenvalue weighted by Gasteiger charge is 2.17. The number of nitrogens with zero attached hydrogens (tertiary/aromatic N) is 2. The van der Waals surface area contributed by atoms with Gasteiger partial charge in [0.15, 0.2) is 16.7 Å². The Balaban J connectivity index is 1.25. The second-order valence-corrected chi connectivity index (χ2v) is 9.06. The first-order valence-electron chi connectivity index (χ1n) is 10.0. The second kappa shape index (κ2) is 9.33. The summed E-state index contributed by atoms with van der Waals surface area (Å²) in [7, 11) is 0. The molecule has 1 N–H and O–H groups in total. The lowest BCUT2D eigenvalue weighted by atomic mass is 10.2. The monoisotopic (exact) mass is 468 g/mol. The number of thiophene rings is 1. The molecule has 4 aromatic rings. The maximum Gasteiger partial charge on any atom is 0.267 e. The van der Waals surface area contributed by atoms with Gasteiger partial charge in [0.1, 0.15) is 4.83 Å². The van der Waals surface area contributed by atoms with Gasteiger partial charge in [-0.15, -0.1) is 11.3 Å². The zero-order valence-electron chi connectivity index (χ0n) is 17.0. The van der Waals surface area contributed by atoms with Crippen LogP contribution in [0.4, 0.5) is 0 Å². The molecule has 0 saturated carbocycles. The molecule has 0 bridgehead atoms. The number of ether oxygens (including phenoxy) is 3. The molecule has 9 heteroatoms. The average molecular weight is 469 g/mol.